The predicted octanol–water partition coefficient (Wildman–Crippen LogP) is 5.29. The third-order valence-electron chi connectivity index (χ3n) is 4.90. The van der Waals surface area contributed by atoms with E-state index in [-0.39, 0.29) is 5.91 Å². The lowest BCUT2D eigenvalue weighted by Crippen LogP contribution is -2.35. The molecule has 0 spiro atoms. The van der Waals surface area contributed by atoms with E-state index in [1.807, 2.05) is 0 Å². The number of fused-ring (bicyclic) bond motifs is 2. The van der Waals surface area contributed by atoms with Crippen molar-refractivity contribution in [3.05, 3.63) is 70.7 Å². The Morgan fingerprint density at radius 2 is 1.89 bits per heavy atom. The number of carbonyl (C=O) groups is 1. The van der Waals surface area contributed by atoms with Crippen molar-refractivity contribution >= 4 is 22.5 Å². The minimum Gasteiger partial charge on any atom is -0.308 e. The van der Waals surface area contributed by atoms with Gasteiger partial charge in [-0.05, 0) is 61.7 Å². The first-order valence-electron chi connectivity index (χ1n) is 8.83. The maximum Gasteiger partial charge on any atom is 0.416 e. The zero-order valence-electron chi connectivity index (χ0n) is 15.0. The number of halogens is 4. The summed E-state index contributed by atoms with van der Waals surface area (Å²) in [4.78, 5) is 19.0. The molecule has 0 atom stereocenters. The van der Waals surface area contributed by atoms with Crippen molar-refractivity contribution in [1.29, 1.82) is 0 Å². The van der Waals surface area contributed by atoms with Crippen LogP contribution in [0, 0.1) is 12.7 Å². The Kier molecular flexibility index (Phi) is 4.33. The van der Waals surface area contributed by atoms with E-state index < -0.39 is 17.6 Å². The Labute approximate surface area is 158 Å². The number of carbonyl (C=O) groups excluding carboxylic acids is 1. The van der Waals surface area contributed by atoms with Gasteiger partial charge in [0.05, 0.1) is 16.6 Å². The molecule has 7 heteroatoms. The molecule has 3 nitrogen and oxygen atoms in total. The molecule has 1 aliphatic heterocycles. The lowest BCUT2D eigenvalue weighted by Gasteiger charge is -2.30. The van der Waals surface area contributed by atoms with E-state index in [9.17, 15) is 22.4 Å². The smallest absolute Gasteiger partial charge is 0.308 e. The summed E-state index contributed by atoms with van der Waals surface area (Å²) in [7, 11) is 0. The van der Waals surface area contributed by atoms with E-state index in [4.69, 9.17) is 0 Å². The number of pyridine rings is 1. The zero-order chi connectivity index (χ0) is 20.1. The highest BCUT2D eigenvalue weighted by Gasteiger charge is 2.33. The highest BCUT2D eigenvalue weighted by atomic mass is 19.4. The molecule has 28 heavy (non-hydrogen) atoms. The van der Waals surface area contributed by atoms with E-state index >= 15 is 0 Å². The van der Waals surface area contributed by atoms with Crippen molar-refractivity contribution < 1.29 is 22.4 Å². The number of hydrogen-bond donors (Lipinski definition) is 0. The normalized spacial score (nSPS) is 14.2. The van der Waals surface area contributed by atoms with Crippen molar-refractivity contribution in [1.82, 2.24) is 4.98 Å². The fourth-order valence-corrected chi connectivity index (χ4v) is 3.64. The van der Waals surface area contributed by atoms with Crippen LogP contribution in [0.1, 0.15) is 33.6 Å². The van der Waals surface area contributed by atoms with Crippen LogP contribution in [0.5, 0.6) is 0 Å². The number of nitrogens with zero attached hydrogens (tertiary/aromatic N) is 2. The number of hydrogen-bond acceptors (Lipinski definition) is 2. The summed E-state index contributed by atoms with van der Waals surface area (Å²) in [5.74, 6) is -0.783. The Morgan fingerprint density at radius 1 is 1.11 bits per heavy atom. The second kappa shape index (κ2) is 6.58. The van der Waals surface area contributed by atoms with Gasteiger partial charge >= 0.3 is 6.18 Å². The number of rotatable bonds is 1. The number of benzene rings is 2. The van der Waals surface area contributed by atoms with Crippen LogP contribution in [0.3, 0.4) is 0 Å². The third-order valence-corrected chi connectivity index (χ3v) is 4.90. The largest absolute Gasteiger partial charge is 0.416 e. The highest BCUT2D eigenvalue weighted by Crippen LogP contribution is 2.36. The molecular formula is C21H16F4N2O. The van der Waals surface area contributed by atoms with Crippen LogP contribution in [0.2, 0.25) is 0 Å². The van der Waals surface area contributed by atoms with Crippen molar-refractivity contribution in [2.24, 2.45) is 0 Å². The molecule has 1 aromatic heterocycles. The van der Waals surface area contributed by atoms with E-state index in [1.165, 1.54) is 29.2 Å². The average Bonchev–Trinajstić information content (AvgIpc) is 2.64. The second-order valence-electron chi connectivity index (χ2n) is 6.87. The Balaban J connectivity index is 1.80. The van der Waals surface area contributed by atoms with Crippen LogP contribution >= 0.6 is 0 Å². The van der Waals surface area contributed by atoms with E-state index in [0.29, 0.717) is 52.8 Å². The SMILES string of the molecule is Cc1cc(C(=O)N2CCCc3cc(C(F)(F)F)ccc32)c2ccc(F)cc2n1. The van der Waals surface area contributed by atoms with E-state index in [0.717, 1.165) is 12.1 Å². The Hall–Kier alpha value is -2.96. The van der Waals surface area contributed by atoms with Gasteiger partial charge in [-0.15, -0.1) is 0 Å². The summed E-state index contributed by atoms with van der Waals surface area (Å²) in [6.45, 7) is 2.11. The van der Waals surface area contributed by atoms with Crippen LogP contribution in [0.25, 0.3) is 10.9 Å². The number of aromatic nitrogens is 1. The molecule has 0 unspecified atom stereocenters. The molecule has 1 aliphatic rings. The molecule has 0 saturated carbocycles. The molecular weight excluding hydrogens is 372 g/mol. The first kappa shape index (κ1) is 18.4. The molecule has 0 fully saturated rings. The van der Waals surface area contributed by atoms with Gasteiger partial charge in [0.2, 0.25) is 0 Å². The van der Waals surface area contributed by atoms with Gasteiger partial charge in [0.25, 0.3) is 5.91 Å². The van der Waals surface area contributed by atoms with Crippen LogP contribution in [0.15, 0.2) is 42.5 Å². The van der Waals surface area contributed by atoms with Gasteiger partial charge in [0.1, 0.15) is 5.82 Å². The first-order chi connectivity index (χ1) is 13.2. The summed E-state index contributed by atoms with van der Waals surface area (Å²) in [5, 5.41) is 0.510. The molecule has 2 heterocycles. The first-order valence-corrected chi connectivity index (χ1v) is 8.83. The van der Waals surface area contributed by atoms with Gasteiger partial charge in [-0.3, -0.25) is 9.78 Å². The standard InChI is InChI=1S/C21H16F4N2O/c1-12-9-17(16-6-5-15(22)11-18(16)26-12)20(28)27-8-2-3-13-10-14(21(23,24)25)4-7-19(13)27/h4-7,9-11H,2-3,8H2,1H3. The molecule has 2 aromatic carbocycles. The monoisotopic (exact) mass is 388 g/mol. The number of aryl methyl sites for hydroxylation is 2. The minimum absolute atomic E-state index is 0.331. The Bertz CT molecular complexity index is 1090. The van der Waals surface area contributed by atoms with Gasteiger partial charge in [-0.1, -0.05) is 0 Å². The van der Waals surface area contributed by atoms with Gasteiger partial charge in [-0.25, -0.2) is 4.39 Å². The average molecular weight is 388 g/mol. The minimum atomic E-state index is -4.43. The summed E-state index contributed by atoms with van der Waals surface area (Å²) in [5.41, 5.74) is 1.54. The number of anilines is 1. The number of alkyl halides is 3. The van der Waals surface area contributed by atoms with Gasteiger partial charge in [0, 0.05) is 29.4 Å². The zero-order valence-corrected chi connectivity index (χ0v) is 15.0. The third kappa shape index (κ3) is 3.21. The lowest BCUT2D eigenvalue weighted by atomic mass is 9.97. The van der Waals surface area contributed by atoms with Crippen molar-refractivity contribution in [3.63, 3.8) is 0 Å². The highest BCUT2D eigenvalue weighted by molar-refractivity contribution is 6.14. The van der Waals surface area contributed by atoms with Crippen LogP contribution in [-0.2, 0) is 12.6 Å². The second-order valence-corrected chi connectivity index (χ2v) is 6.87. The molecule has 4 rings (SSSR count). The van der Waals surface area contributed by atoms with Crippen LogP contribution < -0.4 is 4.90 Å². The topological polar surface area (TPSA) is 33.2 Å². The van der Waals surface area contributed by atoms with E-state index in [1.54, 1.807) is 13.0 Å². The van der Waals surface area contributed by atoms with Crippen LogP contribution in [0.4, 0.5) is 23.2 Å². The van der Waals surface area contributed by atoms with Gasteiger partial charge in [0.15, 0.2) is 0 Å². The maximum absolute atomic E-state index is 13.6. The van der Waals surface area contributed by atoms with Crippen molar-refractivity contribution in [2.75, 3.05) is 11.4 Å². The molecule has 0 radical (unpaired) electrons. The summed E-state index contributed by atoms with van der Waals surface area (Å²) in [6.07, 6.45) is -3.38. The fourth-order valence-electron chi connectivity index (χ4n) is 3.64. The lowest BCUT2D eigenvalue weighted by molar-refractivity contribution is -0.137. The van der Waals surface area contributed by atoms with Crippen LogP contribution in [-0.4, -0.2) is 17.4 Å². The maximum atomic E-state index is 13.6. The summed E-state index contributed by atoms with van der Waals surface area (Å²) >= 11 is 0. The molecule has 0 bridgehead atoms. The van der Waals surface area contributed by atoms with Crippen molar-refractivity contribution in [2.45, 2.75) is 25.9 Å². The quantitative estimate of drug-likeness (QED) is 0.531. The van der Waals surface area contributed by atoms with E-state index in [2.05, 4.69) is 4.98 Å². The summed E-state index contributed by atoms with van der Waals surface area (Å²) in [6, 6.07) is 9.11. The molecule has 144 valence electrons. The summed E-state index contributed by atoms with van der Waals surface area (Å²) < 4.78 is 52.6. The Morgan fingerprint density at radius 3 is 2.64 bits per heavy atom. The predicted molar refractivity (Wildman–Crippen MR) is 97.9 cm³/mol. The van der Waals surface area contributed by atoms with Gasteiger partial charge < -0.3 is 4.90 Å². The molecule has 0 saturated heterocycles. The van der Waals surface area contributed by atoms with Crippen molar-refractivity contribution in [3.8, 4) is 0 Å². The molecule has 3 aromatic rings. The number of amides is 1. The molecule has 0 N–H and O–H groups in total. The molecule has 1 amide bonds. The molecule has 0 aliphatic carbocycles. The fraction of sp³-hybridized carbons (Fsp3) is 0.238. The van der Waals surface area contributed by atoms with Gasteiger partial charge in [-0.2, -0.15) is 13.2 Å².